The molecule has 2 heterocycles. The van der Waals surface area contributed by atoms with Gasteiger partial charge in [-0.3, -0.25) is 9.69 Å². The summed E-state index contributed by atoms with van der Waals surface area (Å²) in [6, 6.07) is 11.2. The van der Waals surface area contributed by atoms with Gasteiger partial charge in [-0.25, -0.2) is 0 Å². The van der Waals surface area contributed by atoms with Gasteiger partial charge in [-0.05, 0) is 61.4 Å². The van der Waals surface area contributed by atoms with Crippen molar-refractivity contribution in [2.45, 2.75) is 20.4 Å². The van der Waals surface area contributed by atoms with Crippen LogP contribution in [0.2, 0.25) is 5.02 Å². The molecule has 174 valence electrons. The zero-order valence-corrected chi connectivity index (χ0v) is 19.8. The van der Waals surface area contributed by atoms with E-state index >= 15 is 0 Å². The fourth-order valence-electron chi connectivity index (χ4n) is 3.87. The molecule has 8 nitrogen and oxygen atoms in total. The van der Waals surface area contributed by atoms with E-state index in [1.165, 1.54) is 0 Å². The van der Waals surface area contributed by atoms with Gasteiger partial charge in [0.05, 0.1) is 13.7 Å². The molecule has 0 saturated carbocycles. The molecule has 0 spiro atoms. The van der Waals surface area contributed by atoms with Crippen LogP contribution in [0.25, 0.3) is 11.4 Å². The molecule has 1 amide bonds. The van der Waals surface area contributed by atoms with Crippen LogP contribution >= 0.6 is 11.6 Å². The minimum atomic E-state index is -0.0250. The van der Waals surface area contributed by atoms with Gasteiger partial charge >= 0.3 is 0 Å². The number of nitrogens with zero attached hydrogens (tertiary/aromatic N) is 4. The Morgan fingerprint density at radius 1 is 1.09 bits per heavy atom. The summed E-state index contributed by atoms with van der Waals surface area (Å²) in [7, 11) is 1.63. The van der Waals surface area contributed by atoms with Crippen molar-refractivity contribution >= 4 is 17.5 Å². The molecular weight excluding hydrogens is 444 g/mol. The first-order valence-electron chi connectivity index (χ1n) is 10.8. The molecule has 1 aliphatic rings. The van der Waals surface area contributed by atoms with Crippen LogP contribution in [0.5, 0.6) is 11.5 Å². The lowest BCUT2D eigenvalue weighted by molar-refractivity contribution is -0.135. The molecule has 33 heavy (non-hydrogen) atoms. The Balaban J connectivity index is 1.26. The van der Waals surface area contributed by atoms with Crippen molar-refractivity contribution in [2.24, 2.45) is 0 Å². The van der Waals surface area contributed by atoms with Gasteiger partial charge in [-0.2, -0.15) is 4.98 Å². The summed E-state index contributed by atoms with van der Waals surface area (Å²) < 4.78 is 16.4. The molecule has 0 atom stereocenters. The number of amides is 1. The lowest BCUT2D eigenvalue weighted by Crippen LogP contribution is -2.49. The number of piperazine rings is 1. The summed E-state index contributed by atoms with van der Waals surface area (Å²) in [6.07, 6.45) is 0. The normalized spacial score (nSPS) is 14.4. The quantitative estimate of drug-likeness (QED) is 0.520. The number of halogens is 1. The highest BCUT2D eigenvalue weighted by atomic mass is 35.5. The highest BCUT2D eigenvalue weighted by Crippen LogP contribution is 2.27. The average Bonchev–Trinajstić information content (AvgIpc) is 3.27. The largest absolute Gasteiger partial charge is 0.497 e. The number of carbonyl (C=O) groups is 1. The number of aryl methyl sites for hydroxylation is 2. The van der Waals surface area contributed by atoms with Crippen molar-refractivity contribution in [3.63, 3.8) is 0 Å². The van der Waals surface area contributed by atoms with Gasteiger partial charge in [-0.1, -0.05) is 16.8 Å². The van der Waals surface area contributed by atoms with E-state index in [0.29, 0.717) is 36.4 Å². The Morgan fingerprint density at radius 3 is 2.39 bits per heavy atom. The zero-order valence-electron chi connectivity index (χ0n) is 19.0. The van der Waals surface area contributed by atoms with Crippen LogP contribution in [0, 0.1) is 13.8 Å². The molecule has 3 aromatic rings. The molecule has 1 aliphatic heterocycles. The van der Waals surface area contributed by atoms with Gasteiger partial charge in [0.25, 0.3) is 5.91 Å². The first-order valence-corrected chi connectivity index (χ1v) is 11.2. The van der Waals surface area contributed by atoms with E-state index in [9.17, 15) is 4.79 Å². The standard InChI is InChI=1S/C24H27ClN4O4/c1-16-12-19(25)13-17(2)23(16)32-15-22(30)29-10-8-28(9-11-29)14-21-26-24(27-33-21)18-4-6-20(31-3)7-5-18/h4-7,12-13H,8-11,14-15H2,1-3H3. The first-order chi connectivity index (χ1) is 15.9. The molecule has 2 aromatic carbocycles. The van der Waals surface area contributed by atoms with Crippen molar-refractivity contribution in [3.05, 3.63) is 58.4 Å². The topological polar surface area (TPSA) is 80.9 Å². The van der Waals surface area contributed by atoms with Crippen molar-refractivity contribution < 1.29 is 18.8 Å². The van der Waals surface area contributed by atoms with E-state index in [4.69, 9.17) is 25.6 Å². The summed E-state index contributed by atoms with van der Waals surface area (Å²) in [5.41, 5.74) is 2.71. The molecule has 0 unspecified atom stereocenters. The summed E-state index contributed by atoms with van der Waals surface area (Å²) in [5, 5.41) is 4.74. The van der Waals surface area contributed by atoms with Crippen molar-refractivity contribution in [1.29, 1.82) is 0 Å². The highest BCUT2D eigenvalue weighted by molar-refractivity contribution is 6.30. The van der Waals surface area contributed by atoms with Crippen LogP contribution in [-0.4, -0.2) is 65.7 Å². The summed E-state index contributed by atoms with van der Waals surface area (Å²) in [6.45, 7) is 7.11. The molecule has 0 aliphatic carbocycles. The lowest BCUT2D eigenvalue weighted by Gasteiger charge is -2.33. The fraction of sp³-hybridized carbons (Fsp3) is 0.375. The minimum Gasteiger partial charge on any atom is -0.497 e. The third-order valence-corrected chi connectivity index (χ3v) is 5.88. The third kappa shape index (κ3) is 5.64. The third-order valence-electron chi connectivity index (χ3n) is 5.67. The Hall–Kier alpha value is -3.10. The van der Waals surface area contributed by atoms with Crippen LogP contribution in [0.1, 0.15) is 17.0 Å². The molecule has 1 saturated heterocycles. The molecule has 4 rings (SSSR count). The van der Waals surface area contributed by atoms with Gasteiger partial charge in [-0.15, -0.1) is 0 Å². The maximum absolute atomic E-state index is 12.6. The van der Waals surface area contributed by atoms with E-state index in [2.05, 4.69) is 15.0 Å². The number of aromatic nitrogens is 2. The van der Waals surface area contributed by atoms with Crippen LogP contribution in [0.15, 0.2) is 40.9 Å². The van der Waals surface area contributed by atoms with Crippen molar-refractivity contribution in [2.75, 3.05) is 39.9 Å². The van der Waals surface area contributed by atoms with E-state index < -0.39 is 0 Å². The number of ether oxygens (including phenoxy) is 2. The van der Waals surface area contributed by atoms with E-state index in [1.807, 2.05) is 55.1 Å². The van der Waals surface area contributed by atoms with Gasteiger partial charge in [0.2, 0.25) is 11.7 Å². The molecular formula is C24H27ClN4O4. The van der Waals surface area contributed by atoms with Crippen LogP contribution in [0.4, 0.5) is 0 Å². The number of benzene rings is 2. The average molecular weight is 471 g/mol. The van der Waals surface area contributed by atoms with E-state index in [0.717, 1.165) is 41.3 Å². The summed E-state index contributed by atoms with van der Waals surface area (Å²) >= 11 is 6.07. The molecule has 9 heteroatoms. The Labute approximate surface area is 198 Å². The first kappa shape index (κ1) is 23.1. The molecule has 0 bridgehead atoms. The van der Waals surface area contributed by atoms with Crippen LogP contribution in [0.3, 0.4) is 0 Å². The van der Waals surface area contributed by atoms with E-state index in [-0.39, 0.29) is 12.5 Å². The Kier molecular flexibility index (Phi) is 7.15. The number of methoxy groups -OCH3 is 1. The second-order valence-electron chi connectivity index (χ2n) is 8.05. The number of rotatable bonds is 7. The second kappa shape index (κ2) is 10.2. The van der Waals surface area contributed by atoms with E-state index in [1.54, 1.807) is 7.11 Å². The Bertz CT molecular complexity index is 1080. The summed E-state index contributed by atoms with van der Waals surface area (Å²) in [4.78, 5) is 21.2. The van der Waals surface area contributed by atoms with Gasteiger partial charge in [0.15, 0.2) is 6.61 Å². The second-order valence-corrected chi connectivity index (χ2v) is 8.49. The zero-order chi connectivity index (χ0) is 23.4. The van der Waals surface area contributed by atoms with Crippen LogP contribution in [-0.2, 0) is 11.3 Å². The predicted octanol–water partition coefficient (Wildman–Crippen LogP) is 3.74. The van der Waals surface area contributed by atoms with Gasteiger partial charge < -0.3 is 18.9 Å². The molecule has 0 N–H and O–H groups in total. The minimum absolute atomic E-state index is 0.0121. The molecule has 1 aromatic heterocycles. The van der Waals surface area contributed by atoms with Gasteiger partial charge in [0.1, 0.15) is 11.5 Å². The van der Waals surface area contributed by atoms with Crippen molar-refractivity contribution in [1.82, 2.24) is 19.9 Å². The predicted molar refractivity (Wildman–Crippen MR) is 125 cm³/mol. The lowest BCUT2D eigenvalue weighted by atomic mass is 10.1. The molecule has 0 radical (unpaired) electrons. The SMILES string of the molecule is COc1ccc(-c2noc(CN3CCN(C(=O)COc4c(C)cc(Cl)cc4C)CC3)n2)cc1. The molecule has 1 fully saturated rings. The monoisotopic (exact) mass is 470 g/mol. The van der Waals surface area contributed by atoms with Crippen LogP contribution < -0.4 is 9.47 Å². The fourth-order valence-corrected chi connectivity index (χ4v) is 4.20. The number of carbonyl (C=O) groups excluding carboxylic acids is 1. The number of hydrogen-bond donors (Lipinski definition) is 0. The maximum atomic E-state index is 12.6. The smallest absolute Gasteiger partial charge is 0.260 e. The Morgan fingerprint density at radius 2 is 1.76 bits per heavy atom. The van der Waals surface area contributed by atoms with Gasteiger partial charge in [0, 0.05) is 36.8 Å². The number of hydrogen-bond acceptors (Lipinski definition) is 7. The maximum Gasteiger partial charge on any atom is 0.260 e. The van der Waals surface area contributed by atoms with Crippen molar-refractivity contribution in [3.8, 4) is 22.9 Å². The summed E-state index contributed by atoms with van der Waals surface area (Å²) in [5.74, 6) is 2.57. The highest BCUT2D eigenvalue weighted by Gasteiger charge is 2.23.